The lowest BCUT2D eigenvalue weighted by atomic mass is 9.81. The average molecular weight is 168 g/mol. The van der Waals surface area contributed by atoms with E-state index in [2.05, 4.69) is 27.7 Å². The van der Waals surface area contributed by atoms with Crippen LogP contribution in [0.4, 0.5) is 0 Å². The molecular weight excluding hydrogens is 148 g/mol. The maximum absolute atomic E-state index is 5.08. The van der Waals surface area contributed by atoms with Gasteiger partial charge in [-0.05, 0) is 29.2 Å². The maximum Gasteiger partial charge on any atom is 0.0819 e. The molecular formula is C11H20O. The van der Waals surface area contributed by atoms with E-state index in [1.165, 1.54) is 12.0 Å². The summed E-state index contributed by atoms with van der Waals surface area (Å²) < 4.78 is 5.08. The van der Waals surface area contributed by atoms with E-state index in [1.807, 2.05) is 6.26 Å². The second-order valence-corrected chi connectivity index (χ2v) is 4.67. The minimum atomic E-state index is 0.448. The maximum atomic E-state index is 5.08. The van der Waals surface area contributed by atoms with Gasteiger partial charge < -0.3 is 4.74 Å². The monoisotopic (exact) mass is 168 g/mol. The highest BCUT2D eigenvalue weighted by Crippen LogP contribution is 2.48. The van der Waals surface area contributed by atoms with Gasteiger partial charge in [0, 0.05) is 0 Å². The van der Waals surface area contributed by atoms with Gasteiger partial charge in [-0.3, -0.25) is 0 Å². The summed E-state index contributed by atoms with van der Waals surface area (Å²) in [5.74, 6) is 1.44. The number of methoxy groups -OCH3 is 1. The van der Waals surface area contributed by atoms with E-state index in [-0.39, 0.29) is 0 Å². The molecule has 0 aromatic rings. The predicted octanol–water partition coefficient (Wildman–Crippen LogP) is 3.22. The highest BCUT2D eigenvalue weighted by Gasteiger charge is 2.39. The molecule has 1 aliphatic rings. The van der Waals surface area contributed by atoms with Crippen molar-refractivity contribution in [3.63, 3.8) is 0 Å². The van der Waals surface area contributed by atoms with Crippen LogP contribution in [0.1, 0.15) is 34.1 Å². The van der Waals surface area contributed by atoms with Gasteiger partial charge >= 0.3 is 0 Å². The fourth-order valence-corrected chi connectivity index (χ4v) is 2.15. The van der Waals surface area contributed by atoms with Gasteiger partial charge in [-0.2, -0.15) is 0 Å². The van der Waals surface area contributed by atoms with E-state index in [0.717, 1.165) is 5.92 Å². The van der Waals surface area contributed by atoms with Crippen LogP contribution in [-0.2, 0) is 4.74 Å². The van der Waals surface area contributed by atoms with E-state index in [9.17, 15) is 0 Å². The summed E-state index contributed by atoms with van der Waals surface area (Å²) in [5.41, 5.74) is 1.92. The summed E-state index contributed by atoms with van der Waals surface area (Å²) in [6.07, 6.45) is 3.11. The Bertz CT molecular complexity index is 191. The minimum absolute atomic E-state index is 0.448. The number of allylic oxidation sites excluding steroid dienone is 1. The summed E-state index contributed by atoms with van der Waals surface area (Å²) in [7, 11) is 1.73. The van der Waals surface area contributed by atoms with Gasteiger partial charge in [-0.1, -0.05) is 27.7 Å². The Morgan fingerprint density at radius 2 is 2.00 bits per heavy atom. The molecule has 2 unspecified atom stereocenters. The third-order valence-electron chi connectivity index (χ3n) is 3.50. The molecule has 0 heterocycles. The SMILES string of the molecule is COC=C1CC(C)(C)C(C)C1C. The molecule has 0 aromatic heterocycles. The lowest BCUT2D eigenvalue weighted by Crippen LogP contribution is -2.17. The van der Waals surface area contributed by atoms with Crippen molar-refractivity contribution in [2.75, 3.05) is 7.11 Å². The number of rotatable bonds is 1. The molecule has 0 amide bonds. The van der Waals surface area contributed by atoms with Crippen molar-refractivity contribution in [3.05, 3.63) is 11.8 Å². The molecule has 2 atom stereocenters. The Hall–Kier alpha value is -0.460. The van der Waals surface area contributed by atoms with Gasteiger partial charge in [0.25, 0.3) is 0 Å². The second-order valence-electron chi connectivity index (χ2n) is 4.67. The average Bonchev–Trinajstić information content (AvgIpc) is 2.16. The third kappa shape index (κ3) is 1.50. The third-order valence-corrected chi connectivity index (χ3v) is 3.50. The van der Waals surface area contributed by atoms with E-state index < -0.39 is 0 Å². The first kappa shape index (κ1) is 9.63. The summed E-state index contributed by atoms with van der Waals surface area (Å²) in [6.45, 7) is 9.31. The van der Waals surface area contributed by atoms with Crippen LogP contribution in [0.25, 0.3) is 0 Å². The molecule has 70 valence electrons. The topological polar surface area (TPSA) is 9.23 Å². The van der Waals surface area contributed by atoms with Crippen molar-refractivity contribution in [2.45, 2.75) is 34.1 Å². The molecule has 0 spiro atoms. The lowest BCUT2D eigenvalue weighted by molar-refractivity contribution is 0.248. The van der Waals surface area contributed by atoms with Gasteiger partial charge in [0.1, 0.15) is 0 Å². The van der Waals surface area contributed by atoms with E-state index >= 15 is 0 Å². The first-order chi connectivity index (χ1) is 5.49. The fourth-order valence-electron chi connectivity index (χ4n) is 2.15. The highest BCUT2D eigenvalue weighted by molar-refractivity contribution is 5.15. The second kappa shape index (κ2) is 3.12. The molecule has 12 heavy (non-hydrogen) atoms. The summed E-state index contributed by atoms with van der Waals surface area (Å²) in [6, 6.07) is 0. The molecule has 0 N–H and O–H groups in total. The smallest absolute Gasteiger partial charge is 0.0819 e. The molecule has 0 aromatic carbocycles. The Morgan fingerprint density at radius 1 is 1.42 bits per heavy atom. The molecule has 1 saturated carbocycles. The standard InChI is InChI=1S/C11H20O/c1-8-9(2)11(3,4)6-10(8)7-12-5/h7-9H,6H2,1-5H3. The fraction of sp³-hybridized carbons (Fsp3) is 0.818. The van der Waals surface area contributed by atoms with Crippen LogP contribution in [0.15, 0.2) is 11.8 Å². The summed E-state index contributed by atoms with van der Waals surface area (Å²) in [5, 5.41) is 0. The van der Waals surface area contributed by atoms with Crippen LogP contribution >= 0.6 is 0 Å². The van der Waals surface area contributed by atoms with Gasteiger partial charge in [0.2, 0.25) is 0 Å². The quantitative estimate of drug-likeness (QED) is 0.546. The van der Waals surface area contributed by atoms with Gasteiger partial charge in [-0.15, -0.1) is 0 Å². The normalized spacial score (nSPS) is 37.2. The van der Waals surface area contributed by atoms with Crippen molar-refractivity contribution in [3.8, 4) is 0 Å². The first-order valence-corrected chi connectivity index (χ1v) is 4.71. The Kier molecular flexibility index (Phi) is 2.50. The van der Waals surface area contributed by atoms with Crippen LogP contribution in [0.3, 0.4) is 0 Å². The molecule has 1 fully saturated rings. The van der Waals surface area contributed by atoms with Crippen LogP contribution in [-0.4, -0.2) is 7.11 Å². The minimum Gasteiger partial charge on any atom is -0.504 e. The number of ether oxygens (including phenoxy) is 1. The molecule has 1 heteroatoms. The molecule has 0 aliphatic heterocycles. The van der Waals surface area contributed by atoms with Gasteiger partial charge in [-0.25, -0.2) is 0 Å². The summed E-state index contributed by atoms with van der Waals surface area (Å²) >= 11 is 0. The van der Waals surface area contributed by atoms with Crippen molar-refractivity contribution in [1.82, 2.24) is 0 Å². The summed E-state index contributed by atoms with van der Waals surface area (Å²) in [4.78, 5) is 0. The van der Waals surface area contributed by atoms with Crippen molar-refractivity contribution in [2.24, 2.45) is 17.3 Å². The first-order valence-electron chi connectivity index (χ1n) is 4.71. The van der Waals surface area contributed by atoms with Crippen LogP contribution < -0.4 is 0 Å². The van der Waals surface area contributed by atoms with Crippen LogP contribution in [0, 0.1) is 17.3 Å². The zero-order valence-electron chi connectivity index (χ0n) is 8.85. The number of hydrogen-bond donors (Lipinski definition) is 0. The van der Waals surface area contributed by atoms with Gasteiger partial charge in [0.15, 0.2) is 0 Å². The number of hydrogen-bond acceptors (Lipinski definition) is 1. The zero-order chi connectivity index (χ0) is 9.35. The molecule has 0 saturated heterocycles. The lowest BCUT2D eigenvalue weighted by Gasteiger charge is -2.24. The molecule has 1 aliphatic carbocycles. The molecule has 0 bridgehead atoms. The van der Waals surface area contributed by atoms with Crippen LogP contribution in [0.2, 0.25) is 0 Å². The van der Waals surface area contributed by atoms with E-state index in [0.29, 0.717) is 11.3 Å². The predicted molar refractivity (Wildman–Crippen MR) is 51.8 cm³/mol. The van der Waals surface area contributed by atoms with E-state index in [1.54, 1.807) is 7.11 Å². The Balaban J connectivity index is 2.81. The highest BCUT2D eigenvalue weighted by atomic mass is 16.5. The van der Waals surface area contributed by atoms with Crippen molar-refractivity contribution >= 4 is 0 Å². The largest absolute Gasteiger partial charge is 0.504 e. The van der Waals surface area contributed by atoms with Crippen molar-refractivity contribution < 1.29 is 4.74 Å². The Labute approximate surface area is 75.8 Å². The van der Waals surface area contributed by atoms with Crippen molar-refractivity contribution in [1.29, 1.82) is 0 Å². The molecule has 1 nitrogen and oxygen atoms in total. The zero-order valence-corrected chi connectivity index (χ0v) is 8.85. The van der Waals surface area contributed by atoms with Crippen LogP contribution in [0.5, 0.6) is 0 Å². The Morgan fingerprint density at radius 3 is 2.33 bits per heavy atom. The van der Waals surface area contributed by atoms with Gasteiger partial charge in [0.05, 0.1) is 13.4 Å². The van der Waals surface area contributed by atoms with E-state index in [4.69, 9.17) is 4.74 Å². The molecule has 0 radical (unpaired) electrons. The molecule has 1 rings (SSSR count).